The van der Waals surface area contributed by atoms with E-state index in [1.54, 1.807) is 12.1 Å². The highest BCUT2D eigenvalue weighted by Gasteiger charge is 2.07. The first kappa shape index (κ1) is 9.70. The fourth-order valence-electron chi connectivity index (χ4n) is 1.03. The van der Waals surface area contributed by atoms with Gasteiger partial charge in [-0.2, -0.15) is 0 Å². The predicted molar refractivity (Wildman–Crippen MR) is 50.0 cm³/mol. The third kappa shape index (κ3) is 2.05. The van der Waals surface area contributed by atoms with Crippen molar-refractivity contribution in [2.75, 3.05) is 6.54 Å². The molecule has 0 aromatic heterocycles. The number of nitrogens with one attached hydrogen (secondary N) is 1. The van der Waals surface area contributed by atoms with Gasteiger partial charge in [0.2, 0.25) is 0 Å². The van der Waals surface area contributed by atoms with Crippen LogP contribution in [0.2, 0.25) is 0 Å². The van der Waals surface area contributed by atoms with E-state index in [1.807, 2.05) is 0 Å². The molecule has 0 fully saturated rings. The molecule has 1 unspecified atom stereocenters. The van der Waals surface area contributed by atoms with Gasteiger partial charge in [-0.1, -0.05) is 6.07 Å². The van der Waals surface area contributed by atoms with Gasteiger partial charge in [0.25, 0.3) is 0 Å². The number of benzene rings is 1. The Morgan fingerprint density at radius 1 is 1.54 bits per heavy atom. The summed E-state index contributed by atoms with van der Waals surface area (Å²) in [5.41, 5.74) is 6.25. The fraction of sp³-hybridized carbons (Fsp3) is 0.222. The van der Waals surface area contributed by atoms with E-state index in [9.17, 15) is 10.2 Å². The van der Waals surface area contributed by atoms with Crippen LogP contribution in [0.1, 0.15) is 17.2 Å². The molecule has 1 rings (SSSR count). The molecule has 0 spiro atoms. The number of aliphatic hydroxyl groups excluding tert-OH is 1. The zero-order valence-corrected chi connectivity index (χ0v) is 7.07. The number of hydrogen-bond acceptors (Lipinski definition) is 4. The van der Waals surface area contributed by atoms with Gasteiger partial charge in [0.15, 0.2) is 0 Å². The third-order valence-corrected chi connectivity index (χ3v) is 1.82. The summed E-state index contributed by atoms with van der Waals surface area (Å²) < 4.78 is 0. The summed E-state index contributed by atoms with van der Waals surface area (Å²) in [5.74, 6) is 0.0305. The molecule has 70 valence electrons. The molecular formula is C9H12N2O2. The van der Waals surface area contributed by atoms with Gasteiger partial charge in [-0.3, -0.25) is 0 Å². The first-order valence-corrected chi connectivity index (χ1v) is 3.90. The van der Waals surface area contributed by atoms with Crippen molar-refractivity contribution in [3.05, 3.63) is 29.3 Å². The zero-order chi connectivity index (χ0) is 9.84. The number of phenolic OH excluding ortho intramolecular Hbond substituents is 1. The van der Waals surface area contributed by atoms with Crippen molar-refractivity contribution < 1.29 is 10.2 Å². The molecular weight excluding hydrogens is 168 g/mol. The van der Waals surface area contributed by atoms with E-state index < -0.39 is 6.10 Å². The van der Waals surface area contributed by atoms with Gasteiger partial charge in [0.05, 0.1) is 6.10 Å². The molecule has 1 aromatic carbocycles. The SMILES string of the molecule is N=Cc1cc(C(O)CN)ccc1O. The van der Waals surface area contributed by atoms with Crippen LogP contribution in [0.5, 0.6) is 5.75 Å². The average molecular weight is 180 g/mol. The summed E-state index contributed by atoms with van der Waals surface area (Å²) in [6, 6.07) is 4.56. The molecule has 4 nitrogen and oxygen atoms in total. The summed E-state index contributed by atoms with van der Waals surface area (Å²) in [5, 5.41) is 25.6. The Bertz CT molecular complexity index is 312. The minimum Gasteiger partial charge on any atom is -0.507 e. The highest BCUT2D eigenvalue weighted by molar-refractivity contribution is 5.81. The second-order valence-electron chi connectivity index (χ2n) is 2.71. The molecule has 0 saturated heterocycles. The van der Waals surface area contributed by atoms with E-state index in [4.69, 9.17) is 11.1 Å². The minimum absolute atomic E-state index is 0.0305. The highest BCUT2D eigenvalue weighted by atomic mass is 16.3. The lowest BCUT2D eigenvalue weighted by Gasteiger charge is -2.09. The first-order chi connectivity index (χ1) is 6.19. The molecule has 0 radical (unpaired) electrons. The van der Waals surface area contributed by atoms with E-state index in [-0.39, 0.29) is 12.3 Å². The average Bonchev–Trinajstić information content (AvgIpc) is 2.17. The number of nitrogens with two attached hydrogens (primary N) is 1. The molecule has 1 aromatic rings. The maximum atomic E-state index is 9.36. The van der Waals surface area contributed by atoms with Crippen LogP contribution < -0.4 is 5.73 Å². The van der Waals surface area contributed by atoms with E-state index in [0.717, 1.165) is 6.21 Å². The van der Waals surface area contributed by atoms with Crippen molar-refractivity contribution in [3.8, 4) is 5.75 Å². The predicted octanol–water partition coefficient (Wildman–Crippen LogP) is 0.382. The number of phenols is 1. The first-order valence-electron chi connectivity index (χ1n) is 3.90. The van der Waals surface area contributed by atoms with Crippen LogP contribution in [0.15, 0.2) is 18.2 Å². The van der Waals surface area contributed by atoms with Crippen molar-refractivity contribution in [3.63, 3.8) is 0 Å². The van der Waals surface area contributed by atoms with E-state index >= 15 is 0 Å². The highest BCUT2D eigenvalue weighted by Crippen LogP contribution is 2.20. The molecule has 0 saturated carbocycles. The van der Waals surface area contributed by atoms with Crippen molar-refractivity contribution in [2.24, 2.45) is 5.73 Å². The smallest absolute Gasteiger partial charge is 0.124 e. The molecule has 5 N–H and O–H groups in total. The van der Waals surface area contributed by atoms with Gasteiger partial charge >= 0.3 is 0 Å². The summed E-state index contributed by atoms with van der Waals surface area (Å²) in [6.45, 7) is 0.127. The van der Waals surface area contributed by atoms with Gasteiger partial charge < -0.3 is 21.4 Å². The molecule has 1 atom stereocenters. The van der Waals surface area contributed by atoms with Gasteiger partial charge in [-0.05, 0) is 17.7 Å². The summed E-state index contributed by atoms with van der Waals surface area (Å²) >= 11 is 0. The van der Waals surface area contributed by atoms with Crippen LogP contribution in [0.25, 0.3) is 0 Å². The Morgan fingerprint density at radius 2 is 2.23 bits per heavy atom. The standard InChI is InChI=1S/C9H12N2O2/c10-4-7-3-6(9(13)5-11)1-2-8(7)12/h1-4,9-10,12-13H,5,11H2. The minimum atomic E-state index is -0.737. The summed E-state index contributed by atoms with van der Waals surface area (Å²) in [7, 11) is 0. The van der Waals surface area contributed by atoms with E-state index in [0.29, 0.717) is 11.1 Å². The van der Waals surface area contributed by atoms with Crippen LogP contribution in [0.3, 0.4) is 0 Å². The van der Waals surface area contributed by atoms with Gasteiger partial charge in [0, 0.05) is 18.3 Å². The van der Waals surface area contributed by atoms with E-state index in [1.165, 1.54) is 6.07 Å². The number of aliphatic hydroxyl groups is 1. The summed E-state index contributed by atoms with van der Waals surface area (Å²) in [6.07, 6.45) is 0.293. The quantitative estimate of drug-likeness (QED) is 0.507. The number of rotatable bonds is 3. The van der Waals surface area contributed by atoms with Crippen LogP contribution in [-0.2, 0) is 0 Å². The summed E-state index contributed by atoms with van der Waals surface area (Å²) in [4.78, 5) is 0. The monoisotopic (exact) mass is 180 g/mol. The fourth-order valence-corrected chi connectivity index (χ4v) is 1.03. The second-order valence-corrected chi connectivity index (χ2v) is 2.71. The van der Waals surface area contributed by atoms with Crippen molar-refractivity contribution in [1.82, 2.24) is 0 Å². The van der Waals surface area contributed by atoms with Crippen LogP contribution in [0.4, 0.5) is 0 Å². The Balaban J connectivity index is 3.05. The largest absolute Gasteiger partial charge is 0.507 e. The van der Waals surface area contributed by atoms with Gasteiger partial charge in [-0.25, -0.2) is 0 Å². The molecule has 0 heterocycles. The second kappa shape index (κ2) is 4.02. The normalized spacial score (nSPS) is 12.5. The van der Waals surface area contributed by atoms with Crippen molar-refractivity contribution in [2.45, 2.75) is 6.10 Å². The van der Waals surface area contributed by atoms with E-state index in [2.05, 4.69) is 0 Å². The lowest BCUT2D eigenvalue weighted by Crippen LogP contribution is -2.11. The molecule has 0 bridgehead atoms. The molecule has 0 aliphatic rings. The van der Waals surface area contributed by atoms with Crippen LogP contribution >= 0.6 is 0 Å². The van der Waals surface area contributed by atoms with Gasteiger partial charge in [-0.15, -0.1) is 0 Å². The topological polar surface area (TPSA) is 90.3 Å². The lowest BCUT2D eigenvalue weighted by atomic mass is 10.1. The van der Waals surface area contributed by atoms with Crippen molar-refractivity contribution in [1.29, 1.82) is 5.41 Å². The lowest BCUT2D eigenvalue weighted by molar-refractivity contribution is 0.186. The Hall–Kier alpha value is -1.39. The number of hydrogen-bond donors (Lipinski definition) is 4. The molecule has 0 amide bonds. The third-order valence-electron chi connectivity index (χ3n) is 1.82. The molecule has 0 aliphatic carbocycles. The molecule has 4 heteroatoms. The Morgan fingerprint density at radius 3 is 2.77 bits per heavy atom. The Kier molecular flexibility index (Phi) is 3.00. The molecule has 0 aliphatic heterocycles. The zero-order valence-electron chi connectivity index (χ0n) is 7.07. The maximum Gasteiger partial charge on any atom is 0.124 e. The van der Waals surface area contributed by atoms with Crippen LogP contribution in [-0.4, -0.2) is 23.0 Å². The number of aromatic hydroxyl groups is 1. The maximum absolute atomic E-state index is 9.36. The van der Waals surface area contributed by atoms with Crippen molar-refractivity contribution >= 4 is 6.21 Å². The van der Waals surface area contributed by atoms with Gasteiger partial charge in [0.1, 0.15) is 5.75 Å². The molecule has 13 heavy (non-hydrogen) atoms. The van der Waals surface area contributed by atoms with Crippen LogP contribution in [0, 0.1) is 5.41 Å². The Labute approximate surface area is 76.1 Å².